The molecule has 0 aliphatic rings. The Hall–Kier alpha value is -1.12. The van der Waals surface area contributed by atoms with Crippen molar-refractivity contribution in [1.29, 1.82) is 5.26 Å². The maximum atomic E-state index is 8.50. The van der Waals surface area contributed by atoms with Crippen molar-refractivity contribution >= 4 is 34.4 Å². The molecule has 0 bridgehead atoms. The second kappa shape index (κ2) is 7.20. The molecule has 1 aromatic carbocycles. The number of nitriles is 1. The maximum absolute atomic E-state index is 8.50. The first-order valence-corrected chi connectivity index (χ1v) is 7.01. The van der Waals surface area contributed by atoms with Gasteiger partial charge in [-0.05, 0) is 36.3 Å². The molecule has 0 spiro atoms. The van der Waals surface area contributed by atoms with Crippen LogP contribution < -0.4 is 5.32 Å². The molecule has 1 rings (SSSR count). The van der Waals surface area contributed by atoms with Gasteiger partial charge in [0.25, 0.3) is 0 Å². The average molecular weight is 251 g/mol. The van der Waals surface area contributed by atoms with E-state index >= 15 is 0 Å². The van der Waals surface area contributed by atoms with Gasteiger partial charge in [-0.3, -0.25) is 5.32 Å². The second-order valence-electron chi connectivity index (χ2n) is 2.78. The molecule has 84 valence electrons. The van der Waals surface area contributed by atoms with Gasteiger partial charge in [-0.15, -0.1) is 11.8 Å². The first kappa shape index (κ1) is 12.9. The number of nitrogens with zero attached hydrogens (tertiary/aromatic N) is 2. The van der Waals surface area contributed by atoms with Crippen molar-refractivity contribution in [1.82, 2.24) is 5.32 Å². The van der Waals surface area contributed by atoms with Gasteiger partial charge in [-0.25, -0.2) is 4.99 Å². The molecule has 5 heteroatoms. The molecule has 1 N–H and O–H groups in total. The summed E-state index contributed by atoms with van der Waals surface area (Å²) in [4.78, 5) is 5.54. The second-order valence-corrected chi connectivity index (χ2v) is 4.92. The van der Waals surface area contributed by atoms with Crippen LogP contribution in [-0.4, -0.2) is 17.2 Å². The Bertz CT molecular complexity index is 393. The molecule has 1 aromatic rings. The monoisotopic (exact) mass is 251 g/mol. The number of hydrogen-bond acceptors (Lipinski definition) is 4. The first-order valence-electron chi connectivity index (χ1n) is 4.80. The number of hydrogen-bond donors (Lipinski definition) is 1. The average Bonchev–Trinajstić information content (AvgIpc) is 2.31. The van der Waals surface area contributed by atoms with Gasteiger partial charge in [0, 0.05) is 4.90 Å². The fourth-order valence-corrected chi connectivity index (χ4v) is 2.08. The molecule has 0 aromatic heterocycles. The minimum Gasteiger partial charge on any atom is -0.271 e. The van der Waals surface area contributed by atoms with Gasteiger partial charge >= 0.3 is 0 Å². The van der Waals surface area contributed by atoms with Crippen molar-refractivity contribution in [3.8, 4) is 6.19 Å². The van der Waals surface area contributed by atoms with Crippen LogP contribution in [0.1, 0.15) is 6.92 Å². The lowest BCUT2D eigenvalue weighted by atomic mass is 10.3. The molecule has 0 saturated carbocycles. The minimum atomic E-state index is 0.610. The standard InChI is InChI=1S/C11H13N3S2/c1-3-16-10-6-4-9(5-7-10)14-11(15-2)13-8-12/h4-7H,3H2,1-2H3,(H,13,14). The number of aliphatic imine (C=N–C) groups is 1. The van der Waals surface area contributed by atoms with Crippen molar-refractivity contribution in [2.24, 2.45) is 4.99 Å². The number of rotatable bonds is 3. The Kier molecular flexibility index (Phi) is 5.83. The van der Waals surface area contributed by atoms with Gasteiger partial charge in [0.2, 0.25) is 0 Å². The van der Waals surface area contributed by atoms with Crippen molar-refractivity contribution in [2.45, 2.75) is 11.8 Å². The van der Waals surface area contributed by atoms with Crippen LogP contribution >= 0.6 is 23.5 Å². The highest BCUT2D eigenvalue weighted by Crippen LogP contribution is 2.21. The topological polar surface area (TPSA) is 48.2 Å². The number of benzene rings is 1. The fourth-order valence-electron chi connectivity index (χ4n) is 1.07. The summed E-state index contributed by atoms with van der Waals surface area (Å²) in [5.41, 5.74) is 0.854. The lowest BCUT2D eigenvalue weighted by molar-refractivity contribution is 1.27. The molecule has 0 heterocycles. The number of thioether (sulfide) groups is 2. The zero-order valence-corrected chi connectivity index (χ0v) is 10.9. The van der Waals surface area contributed by atoms with E-state index in [1.165, 1.54) is 16.7 Å². The summed E-state index contributed by atoms with van der Waals surface area (Å²) in [6, 6.07) is 7.98. The Balaban J connectivity index is 2.77. The van der Waals surface area contributed by atoms with Crippen molar-refractivity contribution in [2.75, 3.05) is 12.0 Å². The summed E-state index contributed by atoms with van der Waals surface area (Å²) in [6.45, 7) is 2.12. The molecule has 0 radical (unpaired) electrons. The summed E-state index contributed by atoms with van der Waals surface area (Å²) in [7, 11) is 0. The largest absolute Gasteiger partial charge is 0.271 e. The molecule has 0 unspecified atom stereocenters. The zero-order chi connectivity index (χ0) is 11.8. The van der Waals surface area contributed by atoms with Gasteiger partial charge in [-0.2, -0.15) is 5.26 Å². The van der Waals surface area contributed by atoms with Crippen LogP contribution in [0.3, 0.4) is 0 Å². The van der Waals surface area contributed by atoms with Crippen molar-refractivity contribution in [3.05, 3.63) is 24.3 Å². The first-order chi connectivity index (χ1) is 7.80. The molecule has 0 aliphatic heterocycles. The molecule has 16 heavy (non-hydrogen) atoms. The van der Waals surface area contributed by atoms with E-state index in [2.05, 4.69) is 17.2 Å². The molecule has 0 fully saturated rings. The Morgan fingerprint density at radius 1 is 1.44 bits per heavy atom. The quantitative estimate of drug-likeness (QED) is 0.294. The van der Waals surface area contributed by atoms with Crippen LogP contribution in [-0.2, 0) is 0 Å². The van der Waals surface area contributed by atoms with E-state index in [9.17, 15) is 0 Å². The van der Waals surface area contributed by atoms with Gasteiger partial charge in [0.05, 0.1) is 5.69 Å². The molecular weight excluding hydrogens is 238 g/mol. The van der Waals surface area contributed by atoms with Crippen LogP contribution in [0.25, 0.3) is 0 Å². The van der Waals surface area contributed by atoms with E-state index in [0.717, 1.165) is 11.4 Å². The Labute approximate surface area is 104 Å². The van der Waals surface area contributed by atoms with E-state index in [0.29, 0.717) is 5.17 Å². The SMILES string of the molecule is CCSc1ccc(N=C(NC#N)SC)cc1. The third-order valence-corrected chi connectivity index (χ3v) is 3.21. The van der Waals surface area contributed by atoms with Crippen molar-refractivity contribution in [3.63, 3.8) is 0 Å². The summed E-state index contributed by atoms with van der Waals surface area (Å²) < 4.78 is 0. The van der Waals surface area contributed by atoms with Crippen molar-refractivity contribution < 1.29 is 0 Å². The highest BCUT2D eigenvalue weighted by Gasteiger charge is 1.97. The highest BCUT2D eigenvalue weighted by molar-refractivity contribution is 8.13. The maximum Gasteiger partial charge on any atom is 0.183 e. The molecule has 0 atom stereocenters. The Morgan fingerprint density at radius 2 is 2.12 bits per heavy atom. The van der Waals surface area contributed by atoms with Crippen LogP contribution in [0, 0.1) is 11.5 Å². The summed E-state index contributed by atoms with van der Waals surface area (Å²) in [5, 5.41) is 11.6. The van der Waals surface area contributed by atoms with Crippen LogP contribution in [0.15, 0.2) is 34.2 Å². The lowest BCUT2D eigenvalue weighted by Gasteiger charge is -2.01. The summed E-state index contributed by atoms with van der Waals surface area (Å²) in [6.07, 6.45) is 3.74. The van der Waals surface area contributed by atoms with E-state index in [1.54, 1.807) is 11.8 Å². The van der Waals surface area contributed by atoms with E-state index in [-0.39, 0.29) is 0 Å². The molecule has 0 amide bonds. The predicted octanol–water partition coefficient (Wildman–Crippen LogP) is 3.22. The van der Waals surface area contributed by atoms with E-state index < -0.39 is 0 Å². The van der Waals surface area contributed by atoms with Crippen LogP contribution in [0.4, 0.5) is 5.69 Å². The molecule has 0 aliphatic carbocycles. The van der Waals surface area contributed by atoms with Crippen LogP contribution in [0.2, 0.25) is 0 Å². The van der Waals surface area contributed by atoms with Gasteiger partial charge in [-0.1, -0.05) is 18.7 Å². The third kappa shape index (κ3) is 4.17. The third-order valence-electron chi connectivity index (χ3n) is 1.73. The number of amidine groups is 1. The fraction of sp³-hybridized carbons (Fsp3) is 0.273. The molecular formula is C11H13N3S2. The smallest absolute Gasteiger partial charge is 0.183 e. The summed E-state index contributed by atoms with van der Waals surface area (Å²) in [5.74, 6) is 1.06. The van der Waals surface area contributed by atoms with Gasteiger partial charge in [0.1, 0.15) is 0 Å². The Morgan fingerprint density at radius 3 is 2.62 bits per heavy atom. The lowest BCUT2D eigenvalue weighted by Crippen LogP contribution is -2.12. The highest BCUT2D eigenvalue weighted by atomic mass is 32.2. The summed E-state index contributed by atoms with van der Waals surface area (Å²) >= 11 is 3.21. The van der Waals surface area contributed by atoms with Crippen LogP contribution in [0.5, 0.6) is 0 Å². The molecule has 3 nitrogen and oxygen atoms in total. The van der Waals surface area contributed by atoms with E-state index in [4.69, 9.17) is 5.26 Å². The minimum absolute atomic E-state index is 0.610. The normalized spacial score (nSPS) is 10.9. The van der Waals surface area contributed by atoms with E-state index in [1.807, 2.05) is 36.7 Å². The predicted molar refractivity (Wildman–Crippen MR) is 72.2 cm³/mol. The van der Waals surface area contributed by atoms with Gasteiger partial charge < -0.3 is 0 Å². The molecule has 0 saturated heterocycles. The van der Waals surface area contributed by atoms with Gasteiger partial charge in [0.15, 0.2) is 11.4 Å². The number of nitrogens with one attached hydrogen (secondary N) is 1. The zero-order valence-electron chi connectivity index (χ0n) is 9.23.